The molecule has 0 saturated heterocycles. The highest BCUT2D eigenvalue weighted by molar-refractivity contribution is 6.33. The predicted molar refractivity (Wildman–Crippen MR) is 94.3 cm³/mol. The van der Waals surface area contributed by atoms with E-state index in [4.69, 9.17) is 16.3 Å². The van der Waals surface area contributed by atoms with E-state index in [1.54, 1.807) is 0 Å². The number of carbonyl (C=O) groups is 1. The summed E-state index contributed by atoms with van der Waals surface area (Å²) in [6.45, 7) is 0.986. The number of ether oxygens (including phenoxy) is 1. The Hall–Kier alpha value is -2.80. The van der Waals surface area contributed by atoms with E-state index >= 15 is 0 Å². The molecule has 0 bridgehead atoms. The maximum absolute atomic E-state index is 12.0. The molecule has 0 unspecified atom stereocenters. The third-order valence-corrected chi connectivity index (χ3v) is 4.23. The number of nitrogens with zero attached hydrogens (tertiary/aromatic N) is 1. The van der Waals surface area contributed by atoms with Crippen molar-refractivity contribution in [2.24, 2.45) is 5.92 Å². The highest BCUT2D eigenvalue weighted by atomic mass is 35.5. The van der Waals surface area contributed by atoms with Crippen LogP contribution < -0.4 is 15.4 Å². The number of nitrogens with one attached hydrogen (secondary N) is 2. The largest absolute Gasteiger partial charge is 0.493 e. The Morgan fingerprint density at radius 2 is 2.12 bits per heavy atom. The number of rotatable bonds is 4. The summed E-state index contributed by atoms with van der Waals surface area (Å²) in [7, 11) is 0. The van der Waals surface area contributed by atoms with Crippen LogP contribution in [0.5, 0.6) is 5.75 Å². The monoisotopic (exact) mass is 361 g/mol. The first-order valence-electron chi connectivity index (χ1n) is 7.72. The molecule has 1 heterocycles. The van der Waals surface area contributed by atoms with Crippen LogP contribution in [0.3, 0.4) is 0 Å². The van der Waals surface area contributed by atoms with Crippen molar-refractivity contribution >= 4 is 29.0 Å². The molecule has 2 aromatic rings. The molecule has 2 aromatic carbocycles. The van der Waals surface area contributed by atoms with Crippen LogP contribution in [-0.4, -0.2) is 24.1 Å². The molecular formula is C17H16ClN3O4. The molecule has 1 aliphatic heterocycles. The van der Waals surface area contributed by atoms with Gasteiger partial charge in [-0.05, 0) is 24.1 Å². The van der Waals surface area contributed by atoms with Crippen LogP contribution in [0, 0.1) is 16.0 Å². The van der Waals surface area contributed by atoms with Crippen LogP contribution in [0.2, 0.25) is 5.02 Å². The van der Waals surface area contributed by atoms with Gasteiger partial charge in [-0.2, -0.15) is 0 Å². The standard InChI is InChI=1S/C17H16ClN3O4/c18-14-8-13(21(23)24)5-6-15(14)20-17(22)19-9-11-7-12-3-1-2-4-16(12)25-10-11/h1-6,8,11H,7,9-10H2,(H2,19,20,22)/t11-/m0/s1. The lowest BCUT2D eigenvalue weighted by atomic mass is 9.97. The Labute approximate surface area is 149 Å². The van der Waals surface area contributed by atoms with Gasteiger partial charge in [0, 0.05) is 24.6 Å². The average molecular weight is 362 g/mol. The zero-order chi connectivity index (χ0) is 17.8. The quantitative estimate of drug-likeness (QED) is 0.642. The van der Waals surface area contributed by atoms with Gasteiger partial charge in [0.05, 0.1) is 22.2 Å². The van der Waals surface area contributed by atoms with Gasteiger partial charge in [0.15, 0.2) is 0 Å². The summed E-state index contributed by atoms with van der Waals surface area (Å²) in [4.78, 5) is 22.2. The SMILES string of the molecule is O=C(NC[C@H]1COc2ccccc2C1)Nc1ccc([N+](=O)[O-])cc1Cl. The maximum Gasteiger partial charge on any atom is 0.319 e. The second-order valence-electron chi connectivity index (χ2n) is 5.75. The summed E-state index contributed by atoms with van der Waals surface area (Å²) in [6, 6.07) is 11.3. The molecule has 0 saturated carbocycles. The first kappa shape index (κ1) is 17.0. The van der Waals surface area contributed by atoms with E-state index in [1.807, 2.05) is 24.3 Å². The molecule has 0 spiro atoms. The molecule has 1 aliphatic rings. The third-order valence-electron chi connectivity index (χ3n) is 3.92. The molecular weight excluding hydrogens is 346 g/mol. The van der Waals surface area contributed by atoms with Crippen LogP contribution in [0.4, 0.5) is 16.2 Å². The lowest BCUT2D eigenvalue weighted by Gasteiger charge is -2.25. The van der Waals surface area contributed by atoms with Crippen LogP contribution in [0.15, 0.2) is 42.5 Å². The zero-order valence-electron chi connectivity index (χ0n) is 13.2. The third kappa shape index (κ3) is 4.19. The first-order valence-corrected chi connectivity index (χ1v) is 8.10. The maximum atomic E-state index is 12.0. The minimum atomic E-state index is -0.545. The Morgan fingerprint density at radius 1 is 1.32 bits per heavy atom. The summed E-state index contributed by atoms with van der Waals surface area (Å²) in [5.41, 5.74) is 1.31. The molecule has 2 N–H and O–H groups in total. The Bertz CT molecular complexity index is 812. The van der Waals surface area contributed by atoms with Gasteiger partial charge in [-0.15, -0.1) is 0 Å². The van der Waals surface area contributed by atoms with Crippen LogP contribution >= 0.6 is 11.6 Å². The topological polar surface area (TPSA) is 93.5 Å². The number of hydrogen-bond donors (Lipinski definition) is 2. The molecule has 0 fully saturated rings. The second-order valence-corrected chi connectivity index (χ2v) is 6.15. The molecule has 0 aromatic heterocycles. The van der Waals surface area contributed by atoms with Crippen LogP contribution in [0.1, 0.15) is 5.56 Å². The number of anilines is 1. The van der Waals surface area contributed by atoms with Crippen molar-refractivity contribution in [3.05, 3.63) is 63.2 Å². The predicted octanol–water partition coefficient (Wildman–Crippen LogP) is 3.62. The number of nitro benzene ring substituents is 1. The molecule has 7 nitrogen and oxygen atoms in total. The number of carbonyl (C=O) groups excluding carboxylic acids is 1. The highest BCUT2D eigenvalue weighted by Crippen LogP contribution is 2.27. The van der Waals surface area contributed by atoms with E-state index in [1.165, 1.54) is 18.2 Å². The van der Waals surface area contributed by atoms with Crippen molar-refractivity contribution < 1.29 is 14.5 Å². The fourth-order valence-corrected chi connectivity index (χ4v) is 2.87. The van der Waals surface area contributed by atoms with Crippen molar-refractivity contribution in [2.75, 3.05) is 18.5 Å². The first-order chi connectivity index (χ1) is 12.0. The van der Waals surface area contributed by atoms with Gasteiger partial charge < -0.3 is 15.4 Å². The Kier molecular flexibility index (Phi) is 5.04. The van der Waals surface area contributed by atoms with E-state index in [9.17, 15) is 14.9 Å². The number of fused-ring (bicyclic) bond motifs is 1. The molecule has 3 rings (SSSR count). The van der Waals surface area contributed by atoms with E-state index < -0.39 is 11.0 Å². The number of halogens is 1. The number of hydrogen-bond acceptors (Lipinski definition) is 4. The summed E-state index contributed by atoms with van der Waals surface area (Å²) in [6.07, 6.45) is 0.828. The average Bonchev–Trinajstić information content (AvgIpc) is 2.61. The molecule has 0 aliphatic carbocycles. The van der Waals surface area contributed by atoms with Crippen molar-refractivity contribution in [1.29, 1.82) is 0 Å². The fraction of sp³-hybridized carbons (Fsp3) is 0.235. The number of para-hydroxylation sites is 1. The summed E-state index contributed by atoms with van der Waals surface area (Å²) >= 11 is 5.96. The Morgan fingerprint density at radius 3 is 2.88 bits per heavy atom. The number of urea groups is 1. The molecule has 0 radical (unpaired) electrons. The van der Waals surface area contributed by atoms with Crippen molar-refractivity contribution in [1.82, 2.24) is 5.32 Å². The number of non-ortho nitro benzene ring substituents is 1. The van der Waals surface area contributed by atoms with Gasteiger partial charge in [-0.25, -0.2) is 4.79 Å². The van der Waals surface area contributed by atoms with Gasteiger partial charge in [0.2, 0.25) is 0 Å². The van der Waals surface area contributed by atoms with Crippen molar-refractivity contribution in [3.8, 4) is 5.75 Å². The minimum Gasteiger partial charge on any atom is -0.493 e. The molecule has 2 amide bonds. The van der Waals surface area contributed by atoms with Gasteiger partial charge in [-0.1, -0.05) is 29.8 Å². The van der Waals surface area contributed by atoms with Gasteiger partial charge in [0.1, 0.15) is 5.75 Å². The van der Waals surface area contributed by atoms with Gasteiger partial charge in [0.25, 0.3) is 5.69 Å². The lowest BCUT2D eigenvalue weighted by molar-refractivity contribution is -0.384. The normalized spacial score (nSPS) is 15.6. The molecule has 8 heteroatoms. The van der Waals surface area contributed by atoms with Gasteiger partial charge >= 0.3 is 6.03 Å². The summed E-state index contributed by atoms with van der Waals surface area (Å²) in [5.74, 6) is 1.06. The lowest BCUT2D eigenvalue weighted by Crippen LogP contribution is -2.37. The smallest absolute Gasteiger partial charge is 0.319 e. The van der Waals surface area contributed by atoms with Crippen molar-refractivity contribution in [3.63, 3.8) is 0 Å². The second kappa shape index (κ2) is 7.40. The van der Waals surface area contributed by atoms with E-state index in [2.05, 4.69) is 10.6 Å². The van der Waals surface area contributed by atoms with Crippen molar-refractivity contribution in [2.45, 2.75) is 6.42 Å². The number of amides is 2. The van der Waals surface area contributed by atoms with E-state index in [0.29, 0.717) is 18.8 Å². The minimum absolute atomic E-state index is 0.110. The highest BCUT2D eigenvalue weighted by Gasteiger charge is 2.20. The molecule has 1 atom stereocenters. The number of benzene rings is 2. The van der Waals surface area contributed by atoms with Crippen LogP contribution in [0.25, 0.3) is 0 Å². The van der Waals surface area contributed by atoms with Gasteiger partial charge in [-0.3, -0.25) is 10.1 Å². The van der Waals surface area contributed by atoms with E-state index in [-0.39, 0.29) is 16.6 Å². The fourth-order valence-electron chi connectivity index (χ4n) is 2.64. The summed E-state index contributed by atoms with van der Waals surface area (Å²) < 4.78 is 5.68. The van der Waals surface area contributed by atoms with E-state index in [0.717, 1.165) is 17.7 Å². The Balaban J connectivity index is 1.53. The van der Waals surface area contributed by atoms with Crippen LogP contribution in [-0.2, 0) is 6.42 Å². The zero-order valence-corrected chi connectivity index (χ0v) is 14.0. The summed E-state index contributed by atoms with van der Waals surface area (Å²) in [5, 5.41) is 16.2. The molecule has 25 heavy (non-hydrogen) atoms. The number of nitro groups is 1. The molecule has 130 valence electrons.